The van der Waals surface area contributed by atoms with Crippen LogP contribution in [-0.4, -0.2) is 24.1 Å². The van der Waals surface area contributed by atoms with Crippen LogP contribution in [0.3, 0.4) is 0 Å². The van der Waals surface area contributed by atoms with Gasteiger partial charge in [0, 0.05) is 18.3 Å². The average Bonchev–Trinajstić information content (AvgIpc) is 2.19. The number of hydrogen-bond acceptors (Lipinski definition) is 2. The van der Waals surface area contributed by atoms with E-state index in [0.29, 0.717) is 0 Å². The zero-order chi connectivity index (χ0) is 9.36. The molecule has 0 amide bonds. The molecule has 74 valence electrons. The third-order valence-electron chi connectivity index (χ3n) is 2.47. The average molecular weight is 197 g/mol. The van der Waals surface area contributed by atoms with E-state index >= 15 is 0 Å². The fraction of sp³-hybridized carbons (Fsp3) is 0.818. The van der Waals surface area contributed by atoms with Gasteiger partial charge in [0.15, 0.2) is 0 Å². The van der Waals surface area contributed by atoms with Gasteiger partial charge in [-0.3, -0.25) is 0 Å². The van der Waals surface area contributed by atoms with Gasteiger partial charge in [0.05, 0.1) is 5.75 Å². The Balaban J connectivity index is 1.90. The van der Waals surface area contributed by atoms with E-state index in [4.69, 9.17) is 6.42 Å². The molecule has 0 aromatic rings. The van der Waals surface area contributed by atoms with Gasteiger partial charge in [-0.15, -0.1) is 18.2 Å². The highest BCUT2D eigenvalue weighted by Gasteiger charge is 2.11. The summed E-state index contributed by atoms with van der Waals surface area (Å²) in [5.41, 5.74) is 0. The van der Waals surface area contributed by atoms with Crippen molar-refractivity contribution in [3.8, 4) is 12.3 Å². The first kappa shape index (κ1) is 10.9. The largest absolute Gasteiger partial charge is 0.313 e. The van der Waals surface area contributed by atoms with Crippen molar-refractivity contribution in [1.29, 1.82) is 0 Å². The van der Waals surface area contributed by atoms with Crippen molar-refractivity contribution in [2.45, 2.75) is 38.1 Å². The molecule has 0 saturated heterocycles. The minimum absolute atomic E-state index is 0.792. The van der Waals surface area contributed by atoms with Gasteiger partial charge >= 0.3 is 0 Å². The van der Waals surface area contributed by atoms with Crippen molar-refractivity contribution >= 4 is 11.8 Å². The fourth-order valence-electron chi connectivity index (χ4n) is 1.77. The zero-order valence-corrected chi connectivity index (χ0v) is 9.04. The maximum Gasteiger partial charge on any atom is 0.0545 e. The molecule has 0 heterocycles. The summed E-state index contributed by atoms with van der Waals surface area (Å²) in [6.07, 6.45) is 12.2. The van der Waals surface area contributed by atoms with Crippen LogP contribution in [0.15, 0.2) is 0 Å². The van der Waals surface area contributed by atoms with Gasteiger partial charge in [-0.1, -0.05) is 25.2 Å². The molecule has 1 aliphatic carbocycles. The van der Waals surface area contributed by atoms with Gasteiger partial charge in [-0.25, -0.2) is 0 Å². The normalized spacial score (nSPS) is 18.4. The molecule has 1 nitrogen and oxygen atoms in total. The van der Waals surface area contributed by atoms with Gasteiger partial charge < -0.3 is 5.32 Å². The summed E-state index contributed by atoms with van der Waals surface area (Å²) in [4.78, 5) is 0. The molecule has 0 radical (unpaired) electrons. The van der Waals surface area contributed by atoms with Crippen LogP contribution in [0.5, 0.6) is 0 Å². The molecule has 0 spiro atoms. The zero-order valence-electron chi connectivity index (χ0n) is 8.22. The molecule has 1 N–H and O–H groups in total. The van der Waals surface area contributed by atoms with Gasteiger partial charge in [0.25, 0.3) is 0 Å². The molecule has 1 rings (SSSR count). The molecule has 2 heteroatoms. The molecular weight excluding hydrogens is 178 g/mol. The predicted molar refractivity (Wildman–Crippen MR) is 61.0 cm³/mol. The first-order valence-corrected chi connectivity index (χ1v) is 6.33. The van der Waals surface area contributed by atoms with E-state index in [-0.39, 0.29) is 0 Å². The lowest BCUT2D eigenvalue weighted by molar-refractivity contribution is 0.381. The van der Waals surface area contributed by atoms with Crippen molar-refractivity contribution in [1.82, 2.24) is 5.32 Å². The first-order chi connectivity index (χ1) is 6.43. The lowest BCUT2D eigenvalue weighted by atomic mass is 9.96. The van der Waals surface area contributed by atoms with Crippen molar-refractivity contribution in [3.05, 3.63) is 0 Å². The Morgan fingerprint density at radius 3 is 2.77 bits per heavy atom. The van der Waals surface area contributed by atoms with Gasteiger partial charge in [0.1, 0.15) is 0 Å². The van der Waals surface area contributed by atoms with Crippen LogP contribution >= 0.6 is 11.8 Å². The molecule has 0 bridgehead atoms. The van der Waals surface area contributed by atoms with E-state index in [9.17, 15) is 0 Å². The highest BCUT2D eigenvalue weighted by Crippen LogP contribution is 2.17. The van der Waals surface area contributed by atoms with Crippen LogP contribution < -0.4 is 5.32 Å². The lowest BCUT2D eigenvalue weighted by Gasteiger charge is -2.22. The summed E-state index contributed by atoms with van der Waals surface area (Å²) in [5.74, 6) is 4.65. The predicted octanol–water partition coefficient (Wildman–Crippen LogP) is 2.28. The van der Waals surface area contributed by atoms with Crippen molar-refractivity contribution < 1.29 is 0 Å². The number of rotatable bonds is 5. The highest BCUT2D eigenvalue weighted by molar-refractivity contribution is 7.99. The van der Waals surface area contributed by atoms with Crippen molar-refractivity contribution in [2.75, 3.05) is 18.1 Å². The van der Waals surface area contributed by atoms with Crippen LogP contribution in [0.4, 0.5) is 0 Å². The summed E-state index contributed by atoms with van der Waals surface area (Å²) >= 11 is 1.84. The molecule has 0 aromatic heterocycles. The van der Waals surface area contributed by atoms with Gasteiger partial charge in [-0.05, 0) is 12.8 Å². The SMILES string of the molecule is C#CCSCCNC1CCCCC1. The third kappa shape index (κ3) is 5.23. The molecule has 0 aliphatic heterocycles. The summed E-state index contributed by atoms with van der Waals surface area (Å²) in [6, 6.07) is 0.792. The summed E-state index contributed by atoms with van der Waals surface area (Å²) < 4.78 is 0. The van der Waals surface area contributed by atoms with Crippen LogP contribution in [0, 0.1) is 12.3 Å². The Hall–Kier alpha value is -0.130. The van der Waals surface area contributed by atoms with Crippen molar-refractivity contribution in [2.24, 2.45) is 0 Å². The fourth-order valence-corrected chi connectivity index (χ4v) is 2.30. The molecule has 1 saturated carbocycles. The van der Waals surface area contributed by atoms with E-state index < -0.39 is 0 Å². The summed E-state index contributed by atoms with van der Waals surface area (Å²) in [6.45, 7) is 1.12. The summed E-state index contributed by atoms with van der Waals surface area (Å²) in [5, 5.41) is 3.59. The van der Waals surface area contributed by atoms with Crippen LogP contribution in [0.2, 0.25) is 0 Å². The maximum atomic E-state index is 5.16. The molecule has 1 fully saturated rings. The minimum atomic E-state index is 0.792. The minimum Gasteiger partial charge on any atom is -0.313 e. The smallest absolute Gasteiger partial charge is 0.0545 e. The molecule has 0 aromatic carbocycles. The Morgan fingerprint density at radius 2 is 2.08 bits per heavy atom. The molecular formula is C11H19NS. The maximum absolute atomic E-state index is 5.16. The Labute approximate surface area is 86.1 Å². The van der Waals surface area contributed by atoms with Crippen LogP contribution in [0.25, 0.3) is 0 Å². The van der Waals surface area contributed by atoms with E-state index in [1.165, 1.54) is 32.1 Å². The van der Waals surface area contributed by atoms with Gasteiger partial charge in [-0.2, -0.15) is 0 Å². The molecule has 0 atom stereocenters. The number of thioether (sulfide) groups is 1. The number of hydrogen-bond donors (Lipinski definition) is 1. The quantitative estimate of drug-likeness (QED) is 0.536. The number of nitrogens with one attached hydrogen (secondary N) is 1. The highest BCUT2D eigenvalue weighted by atomic mass is 32.2. The summed E-state index contributed by atoms with van der Waals surface area (Å²) in [7, 11) is 0. The molecule has 1 aliphatic rings. The monoisotopic (exact) mass is 197 g/mol. The Kier molecular flexibility index (Phi) is 6.14. The van der Waals surface area contributed by atoms with Crippen LogP contribution in [-0.2, 0) is 0 Å². The second kappa shape index (κ2) is 7.29. The van der Waals surface area contributed by atoms with E-state index in [2.05, 4.69) is 11.2 Å². The molecule has 0 unspecified atom stereocenters. The second-order valence-electron chi connectivity index (χ2n) is 3.55. The van der Waals surface area contributed by atoms with E-state index in [0.717, 1.165) is 24.1 Å². The second-order valence-corrected chi connectivity index (χ2v) is 4.65. The van der Waals surface area contributed by atoms with E-state index in [1.54, 1.807) is 0 Å². The van der Waals surface area contributed by atoms with Crippen LogP contribution in [0.1, 0.15) is 32.1 Å². The molecule has 13 heavy (non-hydrogen) atoms. The lowest BCUT2D eigenvalue weighted by Crippen LogP contribution is -2.32. The van der Waals surface area contributed by atoms with Gasteiger partial charge in [0.2, 0.25) is 0 Å². The standard InChI is InChI=1S/C11H19NS/c1-2-9-13-10-8-12-11-6-4-3-5-7-11/h1,11-12H,3-10H2. The Bertz CT molecular complexity index is 156. The third-order valence-corrected chi connectivity index (χ3v) is 3.33. The van der Waals surface area contributed by atoms with Crippen molar-refractivity contribution in [3.63, 3.8) is 0 Å². The Morgan fingerprint density at radius 1 is 1.31 bits per heavy atom. The topological polar surface area (TPSA) is 12.0 Å². The van der Waals surface area contributed by atoms with E-state index in [1.807, 2.05) is 11.8 Å². The number of terminal acetylenes is 1. The first-order valence-electron chi connectivity index (χ1n) is 5.18.